The van der Waals surface area contributed by atoms with Crippen molar-refractivity contribution in [1.82, 2.24) is 0 Å². The van der Waals surface area contributed by atoms with E-state index in [0.717, 1.165) is 0 Å². The summed E-state index contributed by atoms with van der Waals surface area (Å²) in [6.07, 6.45) is 5.75. The lowest BCUT2D eigenvalue weighted by Gasteiger charge is -2.11. The molecule has 1 aliphatic heterocycles. The second kappa shape index (κ2) is 2.37. The molecule has 0 unspecified atom stereocenters. The van der Waals surface area contributed by atoms with Gasteiger partial charge in [-0.2, -0.15) is 11.8 Å². The molecule has 9 heavy (non-hydrogen) atoms. The third-order valence-corrected chi connectivity index (χ3v) is 3.36. The number of rotatable bonds is 0. The monoisotopic (exact) mass is 140 g/mol. The molecule has 1 aliphatic carbocycles. The average Bonchev–Trinajstić information content (AvgIpc) is 2.33. The second-order valence-electron chi connectivity index (χ2n) is 2.91. The Morgan fingerprint density at radius 1 is 0.889 bits per heavy atom. The maximum Gasteiger partial charge on any atom is 0.0149 e. The molecular formula is C8H12S. The molecule has 0 fully saturated rings. The molecule has 0 bridgehead atoms. The highest BCUT2D eigenvalue weighted by atomic mass is 32.2. The van der Waals surface area contributed by atoms with Gasteiger partial charge in [0, 0.05) is 11.5 Å². The van der Waals surface area contributed by atoms with Gasteiger partial charge >= 0.3 is 0 Å². The molecule has 0 radical (unpaired) electrons. The Bertz CT molecular complexity index is 131. The van der Waals surface area contributed by atoms with E-state index in [-0.39, 0.29) is 0 Å². The maximum absolute atomic E-state index is 2.11. The highest BCUT2D eigenvalue weighted by Crippen LogP contribution is 2.34. The van der Waals surface area contributed by atoms with E-state index in [2.05, 4.69) is 11.8 Å². The summed E-state index contributed by atoms with van der Waals surface area (Å²) < 4.78 is 0. The molecular weight excluding hydrogens is 128 g/mol. The van der Waals surface area contributed by atoms with Crippen LogP contribution < -0.4 is 0 Å². The van der Waals surface area contributed by atoms with Crippen LogP contribution in [0.25, 0.3) is 0 Å². The van der Waals surface area contributed by atoms with Gasteiger partial charge in [0.15, 0.2) is 0 Å². The zero-order chi connectivity index (χ0) is 6.10. The number of hydrogen-bond acceptors (Lipinski definition) is 1. The van der Waals surface area contributed by atoms with Crippen LogP contribution >= 0.6 is 11.8 Å². The normalized spacial score (nSPS) is 26.7. The highest BCUT2D eigenvalue weighted by Gasteiger charge is 2.17. The van der Waals surface area contributed by atoms with Gasteiger partial charge in [0.25, 0.3) is 0 Å². The Balaban J connectivity index is 2.17. The fourth-order valence-corrected chi connectivity index (χ4v) is 2.97. The van der Waals surface area contributed by atoms with E-state index in [0.29, 0.717) is 0 Å². The summed E-state index contributed by atoms with van der Waals surface area (Å²) in [6, 6.07) is 0. The Morgan fingerprint density at radius 3 is 2.00 bits per heavy atom. The van der Waals surface area contributed by atoms with Gasteiger partial charge in [0.1, 0.15) is 0 Å². The molecule has 0 atom stereocenters. The standard InChI is InChI=1S/C8H12S/c1-2-4-8-6-9-5-7(8)3-1/h1-6H2. The molecule has 0 amide bonds. The molecule has 0 aromatic carbocycles. The first kappa shape index (κ1) is 5.84. The lowest BCUT2D eigenvalue weighted by Crippen LogP contribution is -1.96. The van der Waals surface area contributed by atoms with Crippen LogP contribution in [-0.4, -0.2) is 11.5 Å². The summed E-state index contributed by atoms with van der Waals surface area (Å²) in [7, 11) is 0. The van der Waals surface area contributed by atoms with Crippen LogP contribution in [0, 0.1) is 0 Å². The van der Waals surface area contributed by atoms with Gasteiger partial charge in [0.05, 0.1) is 0 Å². The van der Waals surface area contributed by atoms with Crippen LogP contribution in [0.3, 0.4) is 0 Å². The molecule has 2 aliphatic rings. The third kappa shape index (κ3) is 1.03. The zero-order valence-corrected chi connectivity index (χ0v) is 6.47. The number of thioether (sulfide) groups is 1. The van der Waals surface area contributed by atoms with Crippen molar-refractivity contribution in [3.63, 3.8) is 0 Å². The van der Waals surface area contributed by atoms with Crippen molar-refractivity contribution in [1.29, 1.82) is 0 Å². The Kier molecular flexibility index (Phi) is 1.54. The van der Waals surface area contributed by atoms with Crippen LogP contribution in [0.2, 0.25) is 0 Å². The van der Waals surface area contributed by atoms with Crippen LogP contribution in [-0.2, 0) is 0 Å². The molecule has 0 aromatic heterocycles. The maximum atomic E-state index is 2.11. The largest absolute Gasteiger partial charge is 0.153 e. The fourth-order valence-electron chi connectivity index (χ4n) is 1.68. The van der Waals surface area contributed by atoms with Gasteiger partial charge in [-0.15, -0.1) is 0 Å². The zero-order valence-electron chi connectivity index (χ0n) is 5.65. The summed E-state index contributed by atoms with van der Waals surface area (Å²) in [5, 5.41) is 0. The van der Waals surface area contributed by atoms with Crippen molar-refractivity contribution >= 4 is 11.8 Å². The van der Waals surface area contributed by atoms with E-state index in [9.17, 15) is 0 Å². The molecule has 0 saturated carbocycles. The minimum absolute atomic E-state index is 1.36. The molecule has 1 heteroatoms. The van der Waals surface area contributed by atoms with Gasteiger partial charge in [-0.25, -0.2) is 0 Å². The van der Waals surface area contributed by atoms with Crippen molar-refractivity contribution in [2.75, 3.05) is 11.5 Å². The van der Waals surface area contributed by atoms with Gasteiger partial charge in [-0.1, -0.05) is 11.1 Å². The van der Waals surface area contributed by atoms with Gasteiger partial charge < -0.3 is 0 Å². The first-order valence-corrected chi connectivity index (χ1v) is 4.90. The highest BCUT2D eigenvalue weighted by molar-refractivity contribution is 7.99. The summed E-state index contributed by atoms with van der Waals surface area (Å²) in [5.41, 5.74) is 3.59. The topological polar surface area (TPSA) is 0 Å². The van der Waals surface area contributed by atoms with E-state index in [1.54, 1.807) is 11.1 Å². The molecule has 0 spiro atoms. The van der Waals surface area contributed by atoms with Crippen molar-refractivity contribution in [2.24, 2.45) is 0 Å². The predicted molar refractivity (Wildman–Crippen MR) is 42.8 cm³/mol. The third-order valence-electron chi connectivity index (χ3n) is 2.26. The average molecular weight is 140 g/mol. The van der Waals surface area contributed by atoms with E-state index in [4.69, 9.17) is 0 Å². The quantitative estimate of drug-likeness (QED) is 0.466. The molecule has 0 N–H and O–H groups in total. The smallest absolute Gasteiger partial charge is 0.0149 e. The molecule has 0 aromatic rings. The summed E-state index contributed by atoms with van der Waals surface area (Å²) in [6.45, 7) is 0. The van der Waals surface area contributed by atoms with Crippen molar-refractivity contribution < 1.29 is 0 Å². The minimum atomic E-state index is 1.36. The van der Waals surface area contributed by atoms with Crippen molar-refractivity contribution in [3.8, 4) is 0 Å². The van der Waals surface area contributed by atoms with Gasteiger partial charge in [-0.3, -0.25) is 0 Å². The van der Waals surface area contributed by atoms with Crippen molar-refractivity contribution in [3.05, 3.63) is 11.1 Å². The van der Waals surface area contributed by atoms with E-state index in [1.165, 1.54) is 37.2 Å². The molecule has 50 valence electrons. The lowest BCUT2D eigenvalue weighted by atomic mass is 9.94. The van der Waals surface area contributed by atoms with Gasteiger partial charge in [-0.05, 0) is 25.7 Å². The Morgan fingerprint density at radius 2 is 1.44 bits per heavy atom. The minimum Gasteiger partial charge on any atom is -0.153 e. The molecule has 2 rings (SSSR count). The second-order valence-corrected chi connectivity index (χ2v) is 3.89. The van der Waals surface area contributed by atoms with Crippen LogP contribution in [0.1, 0.15) is 25.7 Å². The lowest BCUT2D eigenvalue weighted by molar-refractivity contribution is 0.681. The van der Waals surface area contributed by atoms with E-state index < -0.39 is 0 Å². The van der Waals surface area contributed by atoms with Gasteiger partial charge in [0.2, 0.25) is 0 Å². The SMILES string of the molecule is C1CCC2=C(C1)CSC2. The van der Waals surface area contributed by atoms with E-state index >= 15 is 0 Å². The Hall–Kier alpha value is 0.0900. The summed E-state index contributed by atoms with van der Waals surface area (Å²) in [4.78, 5) is 0. The first-order valence-electron chi connectivity index (χ1n) is 3.74. The van der Waals surface area contributed by atoms with Crippen LogP contribution in [0.4, 0.5) is 0 Å². The first-order chi connectivity index (χ1) is 4.47. The fraction of sp³-hybridized carbons (Fsp3) is 0.750. The summed E-state index contributed by atoms with van der Waals surface area (Å²) >= 11 is 2.11. The van der Waals surface area contributed by atoms with Crippen LogP contribution in [0.15, 0.2) is 11.1 Å². The predicted octanol–water partition coefficient (Wildman–Crippen LogP) is 2.60. The molecule has 1 heterocycles. The summed E-state index contributed by atoms with van der Waals surface area (Å²) in [5.74, 6) is 2.71. The van der Waals surface area contributed by atoms with Crippen LogP contribution in [0.5, 0.6) is 0 Å². The molecule has 0 nitrogen and oxygen atoms in total. The number of hydrogen-bond donors (Lipinski definition) is 0. The van der Waals surface area contributed by atoms with E-state index in [1.807, 2.05) is 0 Å². The van der Waals surface area contributed by atoms with Crippen molar-refractivity contribution in [2.45, 2.75) is 25.7 Å². The molecule has 0 saturated heterocycles. The Labute approximate surface area is 60.7 Å².